The van der Waals surface area contributed by atoms with Crippen LogP contribution in [-0.4, -0.2) is 43.6 Å². The van der Waals surface area contributed by atoms with E-state index in [1.807, 2.05) is 0 Å². The Balaban J connectivity index is 3.20. The zero-order chi connectivity index (χ0) is 15.7. The Labute approximate surface area is 112 Å². The third kappa shape index (κ3) is 3.61. The minimum absolute atomic E-state index is 0.0964. The Bertz CT molecular complexity index is 628. The summed E-state index contributed by atoms with van der Waals surface area (Å²) >= 11 is 0. The van der Waals surface area contributed by atoms with Gasteiger partial charge in [0.25, 0.3) is 0 Å². The van der Waals surface area contributed by atoms with Crippen molar-refractivity contribution < 1.29 is 31.5 Å². The van der Waals surface area contributed by atoms with Gasteiger partial charge in [0.1, 0.15) is 11.4 Å². The highest BCUT2D eigenvalue weighted by atomic mass is 32.2. The van der Waals surface area contributed by atoms with Crippen LogP contribution in [0.5, 0.6) is 0 Å². The van der Waals surface area contributed by atoms with E-state index in [1.165, 1.54) is 0 Å². The first-order chi connectivity index (χ1) is 8.95. The minimum Gasteiger partial charge on any atom is -0.478 e. The van der Waals surface area contributed by atoms with Crippen LogP contribution in [0.2, 0.25) is 0 Å². The molecule has 0 aliphatic heterocycles. The van der Waals surface area contributed by atoms with Crippen molar-refractivity contribution in [2.75, 3.05) is 19.3 Å². The topological polar surface area (TPSA) is 101 Å². The summed E-state index contributed by atoms with van der Waals surface area (Å²) in [5.74, 6) is -1.33. The summed E-state index contributed by atoms with van der Waals surface area (Å²) in [6, 6.07) is 2.69. The molecule has 0 atom stereocenters. The number of hydrogen-bond acceptors (Lipinski definition) is 4. The maximum Gasteiger partial charge on any atom is 0.402 e. The number of halogens is 3. The maximum absolute atomic E-state index is 12.2. The number of carbonyl (C=O) groups is 1. The van der Waals surface area contributed by atoms with Crippen molar-refractivity contribution in [2.24, 2.45) is 0 Å². The number of carboxylic acids is 1. The minimum atomic E-state index is -4.70. The molecule has 112 valence electrons. The van der Waals surface area contributed by atoms with Gasteiger partial charge in [0.05, 0.1) is 11.3 Å². The summed E-state index contributed by atoms with van der Waals surface area (Å²) in [6.07, 6.45) is -4.70. The molecule has 0 aliphatic rings. The highest BCUT2D eigenvalue weighted by molar-refractivity contribution is 7.89. The molecule has 0 saturated heterocycles. The van der Waals surface area contributed by atoms with Gasteiger partial charge in [0.15, 0.2) is 0 Å². The molecular weight excluding hydrogens is 301 g/mol. The van der Waals surface area contributed by atoms with Crippen molar-refractivity contribution in [1.82, 2.24) is 4.31 Å². The number of aromatic carboxylic acids is 1. The molecule has 1 rings (SSSR count). The van der Waals surface area contributed by atoms with Gasteiger partial charge in [-0.15, -0.1) is 0 Å². The molecular formula is C10H11F3N2O4S. The van der Waals surface area contributed by atoms with Gasteiger partial charge in [-0.25, -0.2) is 13.2 Å². The normalized spacial score (nSPS) is 12.7. The van der Waals surface area contributed by atoms with Crippen LogP contribution in [0.1, 0.15) is 10.4 Å². The second-order valence-electron chi connectivity index (χ2n) is 3.93. The number of carboxylic acid groups (broad SMARTS) is 1. The molecule has 1 aromatic carbocycles. The van der Waals surface area contributed by atoms with Gasteiger partial charge >= 0.3 is 12.1 Å². The molecule has 0 unspecified atom stereocenters. The summed E-state index contributed by atoms with van der Waals surface area (Å²) < 4.78 is 60.5. The first-order valence-corrected chi connectivity index (χ1v) is 6.55. The van der Waals surface area contributed by atoms with Crippen LogP contribution in [0.15, 0.2) is 23.1 Å². The van der Waals surface area contributed by atoms with Crippen molar-refractivity contribution in [1.29, 1.82) is 0 Å². The number of nitrogens with two attached hydrogens (primary N) is 1. The summed E-state index contributed by atoms with van der Waals surface area (Å²) in [5.41, 5.74) is 4.70. The Morgan fingerprint density at radius 1 is 1.40 bits per heavy atom. The van der Waals surface area contributed by atoms with E-state index in [9.17, 15) is 26.4 Å². The number of hydrogen-bond donors (Lipinski definition) is 2. The number of anilines is 1. The quantitative estimate of drug-likeness (QED) is 0.812. The largest absolute Gasteiger partial charge is 0.478 e. The van der Waals surface area contributed by atoms with Crippen molar-refractivity contribution >= 4 is 21.7 Å². The molecule has 0 fully saturated rings. The van der Waals surface area contributed by atoms with Gasteiger partial charge in [-0.2, -0.15) is 17.5 Å². The summed E-state index contributed by atoms with van der Waals surface area (Å²) in [5, 5.41) is 8.70. The Kier molecular flexibility index (Phi) is 4.30. The molecule has 0 saturated carbocycles. The second kappa shape index (κ2) is 5.29. The van der Waals surface area contributed by atoms with E-state index in [4.69, 9.17) is 10.8 Å². The summed E-state index contributed by atoms with van der Waals surface area (Å²) in [7, 11) is -3.69. The van der Waals surface area contributed by atoms with Gasteiger partial charge in [0, 0.05) is 7.05 Å². The lowest BCUT2D eigenvalue weighted by Crippen LogP contribution is -2.36. The van der Waals surface area contributed by atoms with E-state index in [2.05, 4.69) is 0 Å². The molecule has 0 bridgehead atoms. The molecule has 1 aromatic rings. The van der Waals surface area contributed by atoms with Gasteiger partial charge in [-0.3, -0.25) is 0 Å². The van der Waals surface area contributed by atoms with Crippen LogP contribution < -0.4 is 5.73 Å². The molecule has 0 heterocycles. The molecule has 0 aliphatic carbocycles. The van der Waals surface area contributed by atoms with Crippen LogP contribution in [0.4, 0.5) is 18.9 Å². The Hall–Kier alpha value is -1.81. The molecule has 20 heavy (non-hydrogen) atoms. The fourth-order valence-electron chi connectivity index (χ4n) is 1.42. The van der Waals surface area contributed by atoms with E-state index in [0.717, 1.165) is 25.2 Å². The Morgan fingerprint density at radius 3 is 2.35 bits per heavy atom. The average molecular weight is 312 g/mol. The first-order valence-electron chi connectivity index (χ1n) is 5.11. The second-order valence-corrected chi connectivity index (χ2v) is 5.95. The van der Waals surface area contributed by atoms with Crippen molar-refractivity contribution in [2.45, 2.75) is 11.1 Å². The van der Waals surface area contributed by atoms with Crippen LogP contribution >= 0.6 is 0 Å². The van der Waals surface area contributed by atoms with Crippen LogP contribution in [0, 0.1) is 0 Å². The summed E-state index contributed by atoms with van der Waals surface area (Å²) in [6.45, 7) is -1.67. The van der Waals surface area contributed by atoms with E-state index >= 15 is 0 Å². The molecule has 0 amide bonds. The van der Waals surface area contributed by atoms with E-state index in [-0.39, 0.29) is 9.87 Å². The SMILES string of the molecule is CN(CC(F)(F)F)S(=O)(=O)c1ccc(C(=O)O)cc1N. The molecule has 0 spiro atoms. The monoisotopic (exact) mass is 312 g/mol. The number of nitrogen functional groups attached to an aromatic ring is 1. The van der Waals surface area contributed by atoms with Crippen LogP contribution in [0.3, 0.4) is 0 Å². The third-order valence-corrected chi connectivity index (χ3v) is 4.22. The fraction of sp³-hybridized carbons (Fsp3) is 0.300. The standard InChI is InChI=1S/C10H11F3N2O4S/c1-15(5-10(11,12)13)20(18,19)8-3-2-6(9(16)17)4-7(8)14/h2-4H,5,14H2,1H3,(H,16,17). The predicted octanol–water partition coefficient (Wildman–Crippen LogP) is 1.15. The molecule has 0 aromatic heterocycles. The lowest BCUT2D eigenvalue weighted by atomic mass is 10.2. The smallest absolute Gasteiger partial charge is 0.402 e. The van der Waals surface area contributed by atoms with Gasteiger partial charge in [-0.1, -0.05) is 0 Å². The zero-order valence-electron chi connectivity index (χ0n) is 10.2. The molecule has 10 heteroatoms. The number of sulfonamides is 1. The van der Waals surface area contributed by atoms with Gasteiger partial charge in [0.2, 0.25) is 10.0 Å². The molecule has 3 N–H and O–H groups in total. The van der Waals surface area contributed by atoms with Crippen molar-refractivity contribution in [3.8, 4) is 0 Å². The van der Waals surface area contributed by atoms with E-state index in [1.54, 1.807) is 0 Å². The fourth-order valence-corrected chi connectivity index (χ4v) is 2.67. The average Bonchev–Trinajstić information content (AvgIpc) is 2.25. The van der Waals surface area contributed by atoms with E-state index in [0.29, 0.717) is 0 Å². The van der Waals surface area contributed by atoms with Crippen LogP contribution in [0.25, 0.3) is 0 Å². The highest BCUT2D eigenvalue weighted by Gasteiger charge is 2.35. The van der Waals surface area contributed by atoms with Gasteiger partial charge < -0.3 is 10.8 Å². The number of nitrogens with zero attached hydrogens (tertiary/aromatic N) is 1. The molecule has 6 nitrogen and oxygen atoms in total. The highest BCUT2D eigenvalue weighted by Crippen LogP contribution is 2.25. The zero-order valence-corrected chi connectivity index (χ0v) is 11.0. The lowest BCUT2D eigenvalue weighted by Gasteiger charge is -2.19. The number of rotatable bonds is 4. The maximum atomic E-state index is 12.2. The van der Waals surface area contributed by atoms with Crippen LogP contribution in [-0.2, 0) is 10.0 Å². The first kappa shape index (κ1) is 16.2. The summed E-state index contributed by atoms with van der Waals surface area (Å²) in [4.78, 5) is 10.1. The van der Waals surface area contributed by atoms with Gasteiger partial charge in [-0.05, 0) is 18.2 Å². The van der Waals surface area contributed by atoms with Crippen molar-refractivity contribution in [3.05, 3.63) is 23.8 Å². The number of alkyl halides is 3. The molecule has 0 radical (unpaired) electrons. The number of benzene rings is 1. The van der Waals surface area contributed by atoms with Crippen molar-refractivity contribution in [3.63, 3.8) is 0 Å². The third-order valence-electron chi connectivity index (χ3n) is 2.35. The lowest BCUT2D eigenvalue weighted by molar-refractivity contribution is -0.134. The van der Waals surface area contributed by atoms with E-state index < -0.39 is 39.3 Å². The predicted molar refractivity (Wildman–Crippen MR) is 63.7 cm³/mol. The Morgan fingerprint density at radius 2 is 1.95 bits per heavy atom.